The molecule has 3 rings (SSSR count). The number of carbonyl (C=O) groups excluding carboxylic acids is 2. The summed E-state index contributed by atoms with van der Waals surface area (Å²) in [6.07, 6.45) is 0.883. The molecule has 0 bridgehead atoms. The summed E-state index contributed by atoms with van der Waals surface area (Å²) in [7, 11) is -3.15. The highest BCUT2D eigenvalue weighted by Crippen LogP contribution is 2.18. The van der Waals surface area contributed by atoms with E-state index in [0.717, 1.165) is 11.1 Å². The van der Waals surface area contributed by atoms with Crippen LogP contribution in [0.3, 0.4) is 0 Å². The molecule has 0 aromatic heterocycles. The fourth-order valence-corrected chi connectivity index (χ4v) is 4.74. The number of hydrogen-bond donors (Lipinski definition) is 2. The van der Waals surface area contributed by atoms with E-state index in [4.69, 9.17) is 0 Å². The zero-order valence-electron chi connectivity index (χ0n) is 14.1. The molecule has 1 aliphatic heterocycles. The van der Waals surface area contributed by atoms with Gasteiger partial charge in [-0.3, -0.25) is 20.4 Å². The lowest BCUT2D eigenvalue weighted by atomic mass is 9.99. The Morgan fingerprint density at radius 2 is 1.65 bits per heavy atom. The van der Waals surface area contributed by atoms with Gasteiger partial charge in [0.1, 0.15) is 0 Å². The van der Waals surface area contributed by atoms with E-state index in [9.17, 15) is 18.0 Å². The zero-order chi connectivity index (χ0) is 18.6. The third kappa shape index (κ3) is 4.49. The molecule has 2 aromatic rings. The van der Waals surface area contributed by atoms with Crippen LogP contribution in [0.25, 0.3) is 0 Å². The standard InChI is InChI=1S/C19H20N2O4S/c22-18(16-10-11-26(24,25)13-16)20-21-19(23)17-9-5-4-8-15(17)12-14-6-2-1-3-7-14/h1-9,16H,10-13H2,(H,20,22)(H,21,23)/t16-/m0/s1. The van der Waals surface area contributed by atoms with E-state index in [-0.39, 0.29) is 17.9 Å². The predicted molar refractivity (Wildman–Crippen MR) is 98.1 cm³/mol. The van der Waals surface area contributed by atoms with E-state index in [1.54, 1.807) is 12.1 Å². The molecule has 6 nitrogen and oxygen atoms in total. The van der Waals surface area contributed by atoms with Gasteiger partial charge in [0.25, 0.3) is 5.91 Å². The molecule has 1 aliphatic rings. The predicted octanol–water partition coefficient (Wildman–Crippen LogP) is 1.47. The number of sulfone groups is 1. The molecule has 2 aromatic carbocycles. The van der Waals surface area contributed by atoms with Gasteiger partial charge in [-0.2, -0.15) is 0 Å². The van der Waals surface area contributed by atoms with Crippen LogP contribution in [0, 0.1) is 5.92 Å². The summed E-state index contributed by atoms with van der Waals surface area (Å²) in [5, 5.41) is 0. The molecule has 1 saturated heterocycles. The second-order valence-corrected chi connectivity index (χ2v) is 8.59. The van der Waals surface area contributed by atoms with Gasteiger partial charge in [-0.05, 0) is 30.0 Å². The summed E-state index contributed by atoms with van der Waals surface area (Å²) >= 11 is 0. The number of hydrazine groups is 1. The van der Waals surface area contributed by atoms with Gasteiger partial charge < -0.3 is 0 Å². The van der Waals surface area contributed by atoms with E-state index in [0.29, 0.717) is 12.0 Å². The van der Waals surface area contributed by atoms with Crippen molar-refractivity contribution in [1.29, 1.82) is 0 Å². The lowest BCUT2D eigenvalue weighted by Crippen LogP contribution is -2.45. The highest BCUT2D eigenvalue weighted by Gasteiger charge is 2.33. The number of nitrogens with one attached hydrogen (secondary N) is 2. The van der Waals surface area contributed by atoms with E-state index >= 15 is 0 Å². The normalized spacial score (nSPS) is 18.2. The molecule has 2 amide bonds. The van der Waals surface area contributed by atoms with E-state index in [2.05, 4.69) is 10.9 Å². The molecule has 0 radical (unpaired) electrons. The molecule has 136 valence electrons. The fourth-order valence-electron chi connectivity index (χ4n) is 3.00. The first-order valence-electron chi connectivity index (χ1n) is 8.37. The molecule has 7 heteroatoms. The van der Waals surface area contributed by atoms with Gasteiger partial charge in [-0.1, -0.05) is 48.5 Å². The number of hydrogen-bond acceptors (Lipinski definition) is 4. The van der Waals surface area contributed by atoms with Crippen LogP contribution in [0.5, 0.6) is 0 Å². The topological polar surface area (TPSA) is 92.3 Å². The summed E-state index contributed by atoms with van der Waals surface area (Å²) in [4.78, 5) is 24.5. The lowest BCUT2D eigenvalue weighted by molar-refractivity contribution is -0.125. The second-order valence-electron chi connectivity index (χ2n) is 6.36. The molecular formula is C19H20N2O4S. The van der Waals surface area contributed by atoms with Crippen molar-refractivity contribution in [1.82, 2.24) is 10.9 Å². The second kappa shape index (κ2) is 7.70. The first-order valence-corrected chi connectivity index (χ1v) is 10.2. The van der Waals surface area contributed by atoms with Crippen LogP contribution in [-0.2, 0) is 21.1 Å². The molecule has 1 atom stereocenters. The number of carbonyl (C=O) groups is 2. The van der Waals surface area contributed by atoms with E-state index in [1.807, 2.05) is 42.5 Å². The van der Waals surface area contributed by atoms with Crippen molar-refractivity contribution in [2.24, 2.45) is 5.92 Å². The number of benzene rings is 2. The average Bonchev–Trinajstić information content (AvgIpc) is 3.01. The molecule has 1 fully saturated rings. The highest BCUT2D eigenvalue weighted by molar-refractivity contribution is 7.91. The van der Waals surface area contributed by atoms with Gasteiger partial charge in [0.15, 0.2) is 9.84 Å². The first kappa shape index (κ1) is 18.1. The van der Waals surface area contributed by atoms with Crippen LogP contribution in [0.15, 0.2) is 54.6 Å². The van der Waals surface area contributed by atoms with Crippen molar-refractivity contribution in [2.75, 3.05) is 11.5 Å². The Hall–Kier alpha value is -2.67. The van der Waals surface area contributed by atoms with E-state index in [1.165, 1.54) is 0 Å². The number of rotatable bonds is 4. The van der Waals surface area contributed by atoms with Crippen LogP contribution >= 0.6 is 0 Å². The molecule has 2 N–H and O–H groups in total. The quantitative estimate of drug-likeness (QED) is 0.795. The van der Waals surface area contributed by atoms with Gasteiger partial charge >= 0.3 is 0 Å². The monoisotopic (exact) mass is 372 g/mol. The first-order chi connectivity index (χ1) is 12.4. The summed E-state index contributed by atoms with van der Waals surface area (Å²) in [5.41, 5.74) is 7.13. The molecule has 0 saturated carbocycles. The maximum absolute atomic E-state index is 12.5. The Labute approximate surface area is 152 Å². The summed E-state index contributed by atoms with van der Waals surface area (Å²) in [5.74, 6) is -1.66. The van der Waals surface area contributed by atoms with E-state index < -0.39 is 27.6 Å². The third-order valence-electron chi connectivity index (χ3n) is 4.40. The Morgan fingerprint density at radius 3 is 2.35 bits per heavy atom. The minimum atomic E-state index is -3.15. The number of amides is 2. The average molecular weight is 372 g/mol. The minimum Gasteiger partial charge on any atom is -0.273 e. The molecule has 0 unspecified atom stereocenters. The van der Waals surface area contributed by atoms with Crippen molar-refractivity contribution < 1.29 is 18.0 Å². The summed E-state index contributed by atoms with van der Waals surface area (Å²) in [6.45, 7) is 0. The fraction of sp³-hybridized carbons (Fsp3) is 0.263. The Kier molecular flexibility index (Phi) is 5.37. The van der Waals surface area contributed by atoms with Crippen molar-refractivity contribution in [3.05, 3.63) is 71.3 Å². The van der Waals surface area contributed by atoms with Gasteiger partial charge in [0, 0.05) is 5.56 Å². The van der Waals surface area contributed by atoms with Crippen LogP contribution in [0.1, 0.15) is 27.9 Å². The zero-order valence-corrected chi connectivity index (χ0v) is 15.0. The van der Waals surface area contributed by atoms with Gasteiger partial charge in [-0.15, -0.1) is 0 Å². The molecule has 26 heavy (non-hydrogen) atoms. The maximum Gasteiger partial charge on any atom is 0.269 e. The van der Waals surface area contributed by atoms with Crippen LogP contribution < -0.4 is 10.9 Å². The van der Waals surface area contributed by atoms with Crippen molar-refractivity contribution in [3.63, 3.8) is 0 Å². The van der Waals surface area contributed by atoms with Crippen molar-refractivity contribution in [3.8, 4) is 0 Å². The van der Waals surface area contributed by atoms with Crippen LogP contribution in [0.4, 0.5) is 0 Å². The highest BCUT2D eigenvalue weighted by atomic mass is 32.2. The minimum absolute atomic E-state index is 0.0128. The summed E-state index contributed by atoms with van der Waals surface area (Å²) in [6, 6.07) is 17.0. The van der Waals surface area contributed by atoms with Crippen LogP contribution in [-0.4, -0.2) is 31.7 Å². The SMILES string of the molecule is O=C(NNC(=O)[C@H]1CCS(=O)(=O)C1)c1ccccc1Cc1ccccc1. The molecule has 0 spiro atoms. The summed E-state index contributed by atoms with van der Waals surface area (Å²) < 4.78 is 22.9. The Bertz CT molecular complexity index is 910. The largest absolute Gasteiger partial charge is 0.273 e. The molecular weight excluding hydrogens is 352 g/mol. The Morgan fingerprint density at radius 1 is 0.962 bits per heavy atom. The van der Waals surface area contributed by atoms with Gasteiger partial charge in [0.2, 0.25) is 5.91 Å². The van der Waals surface area contributed by atoms with Crippen molar-refractivity contribution >= 4 is 21.7 Å². The van der Waals surface area contributed by atoms with Crippen molar-refractivity contribution in [2.45, 2.75) is 12.8 Å². The Balaban J connectivity index is 1.64. The third-order valence-corrected chi connectivity index (χ3v) is 6.17. The molecule has 0 aliphatic carbocycles. The maximum atomic E-state index is 12.5. The van der Waals surface area contributed by atoms with Gasteiger partial charge in [0.05, 0.1) is 17.4 Å². The van der Waals surface area contributed by atoms with Crippen LogP contribution in [0.2, 0.25) is 0 Å². The van der Waals surface area contributed by atoms with Gasteiger partial charge in [-0.25, -0.2) is 8.42 Å². The smallest absolute Gasteiger partial charge is 0.269 e. The molecule has 1 heterocycles. The lowest BCUT2D eigenvalue weighted by Gasteiger charge is -2.13.